The van der Waals surface area contributed by atoms with E-state index in [4.69, 9.17) is 5.73 Å². The molecule has 2 aliphatic heterocycles. The fraction of sp³-hybridized carbons (Fsp3) is 1.00. The second-order valence-corrected chi connectivity index (χ2v) is 6.30. The first-order valence-electron chi connectivity index (χ1n) is 5.61. The lowest BCUT2D eigenvalue weighted by atomic mass is 10.1. The summed E-state index contributed by atoms with van der Waals surface area (Å²) in [5, 5.41) is 0. The van der Waals surface area contributed by atoms with Gasteiger partial charge in [0.2, 0.25) is 0 Å². The molecule has 0 saturated carbocycles. The number of nitrogens with two attached hydrogens (primary N) is 1. The molecular formula is C9H19N3O2S. The Labute approximate surface area is 91.4 Å². The smallest absolute Gasteiger partial charge is 0.282 e. The summed E-state index contributed by atoms with van der Waals surface area (Å²) in [5.41, 5.74) is 5.80. The normalized spacial score (nSPS) is 30.9. The fourth-order valence-corrected chi connectivity index (χ4v) is 4.05. The molecule has 2 heterocycles. The molecule has 1 atom stereocenters. The first-order chi connectivity index (χ1) is 7.10. The fourth-order valence-electron chi connectivity index (χ4n) is 2.27. The molecule has 2 aliphatic rings. The Morgan fingerprint density at radius 1 is 1.00 bits per heavy atom. The van der Waals surface area contributed by atoms with Crippen molar-refractivity contribution in [2.45, 2.75) is 31.7 Å². The molecule has 0 aromatic carbocycles. The minimum absolute atomic E-state index is 0.0103. The predicted octanol–water partition coefficient (Wildman–Crippen LogP) is -0.250. The number of nitrogens with zero attached hydrogens (tertiary/aromatic N) is 2. The third kappa shape index (κ3) is 2.33. The van der Waals surface area contributed by atoms with Gasteiger partial charge in [-0.15, -0.1) is 0 Å². The Balaban J connectivity index is 2.07. The highest BCUT2D eigenvalue weighted by Crippen LogP contribution is 2.19. The van der Waals surface area contributed by atoms with Gasteiger partial charge in [0, 0.05) is 32.2 Å². The van der Waals surface area contributed by atoms with Crippen molar-refractivity contribution in [2.75, 3.05) is 26.2 Å². The largest absolute Gasteiger partial charge is 0.327 e. The highest BCUT2D eigenvalue weighted by molar-refractivity contribution is 7.86. The molecule has 0 aromatic heterocycles. The Kier molecular flexibility index (Phi) is 3.30. The summed E-state index contributed by atoms with van der Waals surface area (Å²) in [5.74, 6) is 0. The molecule has 1 unspecified atom stereocenters. The summed E-state index contributed by atoms with van der Waals surface area (Å²) in [6, 6.07) is 0.0103. The molecule has 0 aromatic rings. The van der Waals surface area contributed by atoms with E-state index in [2.05, 4.69) is 0 Å². The lowest BCUT2D eigenvalue weighted by Crippen LogP contribution is -2.50. The highest BCUT2D eigenvalue weighted by Gasteiger charge is 2.33. The maximum absolute atomic E-state index is 12.1. The first kappa shape index (κ1) is 11.3. The highest BCUT2D eigenvalue weighted by atomic mass is 32.2. The van der Waals surface area contributed by atoms with Crippen LogP contribution in [-0.4, -0.2) is 49.2 Å². The summed E-state index contributed by atoms with van der Waals surface area (Å²) in [6.45, 7) is 2.47. The van der Waals surface area contributed by atoms with Crippen molar-refractivity contribution in [2.24, 2.45) is 5.73 Å². The van der Waals surface area contributed by atoms with Gasteiger partial charge < -0.3 is 5.73 Å². The maximum atomic E-state index is 12.1. The van der Waals surface area contributed by atoms with Crippen molar-refractivity contribution < 1.29 is 8.42 Å². The van der Waals surface area contributed by atoms with E-state index < -0.39 is 10.2 Å². The molecule has 5 nitrogen and oxygen atoms in total. The van der Waals surface area contributed by atoms with Crippen LogP contribution < -0.4 is 5.73 Å². The van der Waals surface area contributed by atoms with Gasteiger partial charge >= 0.3 is 0 Å². The molecule has 2 saturated heterocycles. The molecule has 2 fully saturated rings. The van der Waals surface area contributed by atoms with E-state index in [1.54, 1.807) is 8.61 Å². The van der Waals surface area contributed by atoms with Crippen LogP contribution in [0.1, 0.15) is 25.7 Å². The molecule has 0 bridgehead atoms. The summed E-state index contributed by atoms with van der Waals surface area (Å²) in [7, 11) is -3.21. The van der Waals surface area contributed by atoms with Gasteiger partial charge in [-0.2, -0.15) is 17.0 Å². The lowest BCUT2D eigenvalue weighted by molar-refractivity contribution is 0.293. The van der Waals surface area contributed by atoms with E-state index in [0.717, 1.165) is 25.7 Å². The second kappa shape index (κ2) is 4.37. The van der Waals surface area contributed by atoms with Crippen LogP contribution in [0, 0.1) is 0 Å². The van der Waals surface area contributed by atoms with Crippen LogP contribution in [-0.2, 0) is 10.2 Å². The zero-order valence-electron chi connectivity index (χ0n) is 8.93. The molecule has 15 heavy (non-hydrogen) atoms. The van der Waals surface area contributed by atoms with Crippen molar-refractivity contribution >= 4 is 10.2 Å². The second-order valence-electron chi connectivity index (χ2n) is 4.37. The zero-order valence-corrected chi connectivity index (χ0v) is 9.75. The van der Waals surface area contributed by atoms with Crippen LogP contribution in [0.2, 0.25) is 0 Å². The Morgan fingerprint density at radius 3 is 2.20 bits per heavy atom. The Hall–Kier alpha value is -0.170. The van der Waals surface area contributed by atoms with Crippen LogP contribution in [0.15, 0.2) is 0 Å². The van der Waals surface area contributed by atoms with E-state index in [0.29, 0.717) is 26.2 Å². The Bertz CT molecular complexity index is 311. The zero-order chi connectivity index (χ0) is 10.9. The van der Waals surface area contributed by atoms with Gasteiger partial charge in [0.1, 0.15) is 0 Å². The van der Waals surface area contributed by atoms with Gasteiger partial charge in [0.05, 0.1) is 0 Å². The van der Waals surface area contributed by atoms with Crippen molar-refractivity contribution in [1.82, 2.24) is 8.61 Å². The van der Waals surface area contributed by atoms with Crippen LogP contribution in [0.5, 0.6) is 0 Å². The van der Waals surface area contributed by atoms with Crippen LogP contribution in [0.3, 0.4) is 0 Å². The average Bonchev–Trinajstić information content (AvgIpc) is 2.71. The number of piperidine rings is 1. The van der Waals surface area contributed by atoms with Gasteiger partial charge in [-0.25, -0.2) is 0 Å². The van der Waals surface area contributed by atoms with Gasteiger partial charge in [-0.05, 0) is 25.7 Å². The molecule has 88 valence electrons. The number of rotatable bonds is 2. The Morgan fingerprint density at radius 2 is 1.60 bits per heavy atom. The SMILES string of the molecule is NC1CCCN(S(=O)(=O)N2CCCC2)C1. The predicted molar refractivity (Wildman–Crippen MR) is 58.5 cm³/mol. The van der Waals surface area contributed by atoms with Gasteiger partial charge in [0.25, 0.3) is 10.2 Å². The monoisotopic (exact) mass is 233 g/mol. The van der Waals surface area contributed by atoms with Crippen LogP contribution in [0.4, 0.5) is 0 Å². The van der Waals surface area contributed by atoms with Gasteiger partial charge in [-0.1, -0.05) is 0 Å². The van der Waals surface area contributed by atoms with E-state index >= 15 is 0 Å². The third-order valence-electron chi connectivity index (χ3n) is 3.14. The molecule has 6 heteroatoms. The van der Waals surface area contributed by atoms with E-state index in [1.807, 2.05) is 0 Å². The topological polar surface area (TPSA) is 66.6 Å². The molecular weight excluding hydrogens is 214 g/mol. The molecule has 0 aliphatic carbocycles. The molecule has 2 rings (SSSR count). The average molecular weight is 233 g/mol. The van der Waals surface area contributed by atoms with Crippen molar-refractivity contribution in [3.8, 4) is 0 Å². The standard InChI is InChI=1S/C9H19N3O2S/c10-9-4-3-7-12(8-9)15(13,14)11-5-1-2-6-11/h9H,1-8,10H2. The lowest BCUT2D eigenvalue weighted by Gasteiger charge is -2.32. The minimum Gasteiger partial charge on any atom is -0.327 e. The molecule has 2 N–H and O–H groups in total. The van der Waals surface area contributed by atoms with Crippen LogP contribution in [0.25, 0.3) is 0 Å². The van der Waals surface area contributed by atoms with Gasteiger partial charge in [0.15, 0.2) is 0 Å². The quantitative estimate of drug-likeness (QED) is 0.715. The maximum Gasteiger partial charge on any atom is 0.282 e. The minimum atomic E-state index is -3.21. The van der Waals surface area contributed by atoms with E-state index in [1.165, 1.54) is 0 Å². The first-order valence-corrected chi connectivity index (χ1v) is 7.01. The number of hydrogen-bond donors (Lipinski definition) is 1. The summed E-state index contributed by atoms with van der Waals surface area (Å²) >= 11 is 0. The van der Waals surface area contributed by atoms with E-state index in [9.17, 15) is 8.42 Å². The third-order valence-corrected chi connectivity index (χ3v) is 5.14. The van der Waals surface area contributed by atoms with Gasteiger partial charge in [-0.3, -0.25) is 0 Å². The molecule has 0 spiro atoms. The van der Waals surface area contributed by atoms with E-state index in [-0.39, 0.29) is 6.04 Å². The molecule has 0 amide bonds. The number of hydrogen-bond acceptors (Lipinski definition) is 3. The summed E-state index contributed by atoms with van der Waals surface area (Å²) in [4.78, 5) is 0. The van der Waals surface area contributed by atoms with Crippen molar-refractivity contribution in [3.05, 3.63) is 0 Å². The summed E-state index contributed by atoms with van der Waals surface area (Å²) in [6.07, 6.45) is 3.79. The molecule has 0 radical (unpaired) electrons. The van der Waals surface area contributed by atoms with Crippen molar-refractivity contribution in [3.63, 3.8) is 0 Å². The van der Waals surface area contributed by atoms with Crippen LogP contribution >= 0.6 is 0 Å². The summed E-state index contributed by atoms with van der Waals surface area (Å²) < 4.78 is 27.4. The van der Waals surface area contributed by atoms with Crippen molar-refractivity contribution in [1.29, 1.82) is 0 Å².